The quantitative estimate of drug-likeness (QED) is 0.115. The molecule has 0 amide bonds. The maximum Gasteiger partial charge on any atom is 0.246 e. The third-order valence-electron chi connectivity index (χ3n) is 3.82. The maximum absolute atomic E-state index is 11.0. The Kier molecular flexibility index (Phi) is 15.3. The second kappa shape index (κ2) is 16.9. The summed E-state index contributed by atoms with van der Waals surface area (Å²) in [6, 6.07) is 0. The monoisotopic (exact) mass is 378 g/mol. The zero-order valence-corrected chi connectivity index (χ0v) is 16.0. The van der Waals surface area contributed by atoms with Gasteiger partial charge in [-0.2, -0.15) is 0 Å². The van der Waals surface area contributed by atoms with Crippen LogP contribution >= 0.6 is 0 Å². The van der Waals surface area contributed by atoms with Crippen molar-refractivity contribution in [3.63, 3.8) is 0 Å². The van der Waals surface area contributed by atoms with Crippen LogP contribution in [0.15, 0.2) is 47.9 Å². The summed E-state index contributed by atoms with van der Waals surface area (Å²) in [6.07, 6.45) is 17.6. The Morgan fingerprint density at radius 3 is 1.74 bits per heavy atom. The molecule has 0 bridgehead atoms. The third-order valence-corrected chi connectivity index (χ3v) is 3.82. The number of nitrogens with zero attached hydrogens (tertiary/aromatic N) is 2. The van der Waals surface area contributed by atoms with Crippen LogP contribution in [-0.2, 0) is 4.79 Å². The number of nitro groups is 2. The van der Waals surface area contributed by atoms with Crippen molar-refractivity contribution in [1.82, 2.24) is 0 Å². The molecular weight excluding hydrogens is 348 g/mol. The highest BCUT2D eigenvalue weighted by molar-refractivity contribution is 5.49. The van der Waals surface area contributed by atoms with E-state index in [2.05, 4.69) is 6.92 Å². The van der Waals surface area contributed by atoms with E-state index in [4.69, 9.17) is 0 Å². The van der Waals surface area contributed by atoms with E-state index in [1.54, 1.807) is 30.4 Å². The van der Waals surface area contributed by atoms with E-state index in [9.17, 15) is 25.0 Å². The predicted molar refractivity (Wildman–Crippen MR) is 106 cm³/mol. The standard InChI is InChI=1S/C20H30N2O5/c1-2-3-4-9-14-19(21(24)25)15-10-6-5-7-11-16-20(22(26)27)17-12-8-13-18-23/h6-7,10-11,14,17-18H,2-5,8-9,12-13,15-16H2,1H3/b10-6+,11-7+,19-14-,20-17-. The lowest BCUT2D eigenvalue weighted by Gasteiger charge is -1.96. The summed E-state index contributed by atoms with van der Waals surface area (Å²) < 4.78 is 0. The summed E-state index contributed by atoms with van der Waals surface area (Å²) >= 11 is 0. The minimum absolute atomic E-state index is 0.117. The Bertz CT molecular complexity index is 577. The molecule has 0 N–H and O–H groups in total. The van der Waals surface area contributed by atoms with Crippen molar-refractivity contribution in [1.29, 1.82) is 0 Å². The Balaban J connectivity index is 4.31. The number of allylic oxidation sites excluding steroid dienone is 6. The van der Waals surface area contributed by atoms with Crippen LogP contribution in [-0.4, -0.2) is 16.1 Å². The average Bonchev–Trinajstić information content (AvgIpc) is 2.63. The van der Waals surface area contributed by atoms with E-state index in [-0.39, 0.29) is 29.2 Å². The van der Waals surface area contributed by atoms with Gasteiger partial charge in [0.2, 0.25) is 11.4 Å². The van der Waals surface area contributed by atoms with E-state index in [0.717, 1.165) is 32.0 Å². The molecule has 27 heavy (non-hydrogen) atoms. The Morgan fingerprint density at radius 2 is 1.30 bits per heavy atom. The molecule has 0 aliphatic carbocycles. The normalized spacial score (nSPS) is 12.8. The van der Waals surface area contributed by atoms with Gasteiger partial charge in [0.25, 0.3) is 0 Å². The molecule has 0 aliphatic heterocycles. The van der Waals surface area contributed by atoms with Crippen molar-refractivity contribution in [2.75, 3.05) is 0 Å². The summed E-state index contributed by atoms with van der Waals surface area (Å²) in [5, 5.41) is 21.9. The topological polar surface area (TPSA) is 103 Å². The SMILES string of the molecule is CCCCC/C=C(/C/C=C/C/C=C/C/C(=C/CCCC=O)[N+](=O)[O-])[N+](=O)[O-]. The molecule has 150 valence electrons. The summed E-state index contributed by atoms with van der Waals surface area (Å²) in [7, 11) is 0. The van der Waals surface area contributed by atoms with Crippen LogP contribution in [0.2, 0.25) is 0 Å². The van der Waals surface area contributed by atoms with E-state index < -0.39 is 4.92 Å². The summed E-state index contributed by atoms with van der Waals surface area (Å²) in [5.74, 6) is 0. The summed E-state index contributed by atoms with van der Waals surface area (Å²) in [5.41, 5.74) is 0.326. The van der Waals surface area contributed by atoms with Gasteiger partial charge in [0.15, 0.2) is 0 Å². The van der Waals surface area contributed by atoms with Crippen LogP contribution in [0.4, 0.5) is 0 Å². The van der Waals surface area contributed by atoms with Crippen LogP contribution in [0.5, 0.6) is 0 Å². The Morgan fingerprint density at radius 1 is 0.778 bits per heavy atom. The van der Waals surface area contributed by atoms with Crippen LogP contribution in [0.25, 0.3) is 0 Å². The molecule has 0 aromatic heterocycles. The molecular formula is C20H30N2O5. The van der Waals surface area contributed by atoms with Crippen molar-refractivity contribution in [3.05, 3.63) is 68.1 Å². The fraction of sp³-hybridized carbons (Fsp3) is 0.550. The van der Waals surface area contributed by atoms with Crippen molar-refractivity contribution in [3.8, 4) is 0 Å². The zero-order chi connectivity index (χ0) is 20.3. The van der Waals surface area contributed by atoms with Gasteiger partial charge in [0.1, 0.15) is 6.29 Å². The molecule has 0 aromatic rings. The second-order valence-corrected chi connectivity index (χ2v) is 6.09. The molecule has 0 saturated heterocycles. The van der Waals surface area contributed by atoms with Gasteiger partial charge in [-0.1, -0.05) is 44.1 Å². The summed E-state index contributed by atoms with van der Waals surface area (Å²) in [4.78, 5) is 31.4. The second-order valence-electron chi connectivity index (χ2n) is 6.09. The van der Waals surface area contributed by atoms with Crippen molar-refractivity contribution in [2.45, 2.75) is 71.1 Å². The molecule has 0 rings (SSSR count). The van der Waals surface area contributed by atoms with Gasteiger partial charge >= 0.3 is 0 Å². The fourth-order valence-electron chi connectivity index (χ4n) is 2.28. The van der Waals surface area contributed by atoms with E-state index >= 15 is 0 Å². The molecule has 0 fully saturated rings. The van der Waals surface area contributed by atoms with Gasteiger partial charge in [-0.3, -0.25) is 20.2 Å². The first-order chi connectivity index (χ1) is 13.0. The molecule has 0 aliphatic rings. The van der Waals surface area contributed by atoms with Crippen molar-refractivity contribution in [2.24, 2.45) is 0 Å². The summed E-state index contributed by atoms with van der Waals surface area (Å²) in [6.45, 7) is 2.09. The van der Waals surface area contributed by atoms with Gasteiger partial charge in [0, 0.05) is 6.42 Å². The maximum atomic E-state index is 11.0. The lowest BCUT2D eigenvalue weighted by Crippen LogP contribution is -1.97. The van der Waals surface area contributed by atoms with Crippen LogP contribution < -0.4 is 0 Å². The Labute approximate surface area is 160 Å². The number of rotatable bonds is 16. The van der Waals surface area contributed by atoms with Gasteiger partial charge in [-0.05, 0) is 44.3 Å². The first-order valence-electron chi connectivity index (χ1n) is 9.43. The first kappa shape index (κ1) is 24.4. The first-order valence-corrected chi connectivity index (χ1v) is 9.43. The molecule has 0 saturated carbocycles. The highest BCUT2D eigenvalue weighted by Crippen LogP contribution is 2.10. The number of carbonyl (C=O) groups excluding carboxylic acids is 1. The van der Waals surface area contributed by atoms with Gasteiger partial charge < -0.3 is 4.79 Å². The smallest absolute Gasteiger partial charge is 0.246 e. The highest BCUT2D eigenvalue weighted by Gasteiger charge is 2.07. The van der Waals surface area contributed by atoms with Crippen LogP contribution in [0, 0.1) is 20.2 Å². The van der Waals surface area contributed by atoms with Crippen LogP contribution in [0.1, 0.15) is 71.1 Å². The van der Waals surface area contributed by atoms with E-state index in [1.807, 2.05) is 6.08 Å². The Hall–Kier alpha value is -2.57. The highest BCUT2D eigenvalue weighted by atomic mass is 16.6. The van der Waals surface area contributed by atoms with Gasteiger partial charge in [0.05, 0.1) is 22.7 Å². The van der Waals surface area contributed by atoms with Crippen LogP contribution in [0.3, 0.4) is 0 Å². The minimum atomic E-state index is -0.409. The molecule has 0 unspecified atom stereocenters. The largest absolute Gasteiger partial charge is 0.303 e. The molecule has 0 radical (unpaired) electrons. The lowest BCUT2D eigenvalue weighted by molar-refractivity contribution is -0.427. The molecule has 0 atom stereocenters. The molecule has 7 nitrogen and oxygen atoms in total. The molecule has 0 spiro atoms. The molecule has 0 aromatic carbocycles. The zero-order valence-electron chi connectivity index (χ0n) is 16.0. The number of aldehydes is 1. The van der Waals surface area contributed by atoms with Crippen molar-refractivity contribution < 1.29 is 14.6 Å². The molecule has 7 heteroatoms. The van der Waals surface area contributed by atoms with E-state index in [0.29, 0.717) is 25.7 Å². The number of hydrogen-bond donors (Lipinski definition) is 0. The van der Waals surface area contributed by atoms with Gasteiger partial charge in [-0.15, -0.1) is 0 Å². The minimum Gasteiger partial charge on any atom is -0.303 e. The number of unbranched alkanes of at least 4 members (excludes halogenated alkanes) is 5. The fourth-order valence-corrected chi connectivity index (χ4v) is 2.28. The molecule has 0 heterocycles. The lowest BCUT2D eigenvalue weighted by atomic mass is 10.1. The van der Waals surface area contributed by atoms with Crippen molar-refractivity contribution >= 4 is 6.29 Å². The van der Waals surface area contributed by atoms with E-state index in [1.165, 1.54) is 0 Å². The predicted octanol–water partition coefficient (Wildman–Crippen LogP) is 5.54. The number of carbonyl (C=O) groups is 1. The third kappa shape index (κ3) is 14.3. The van der Waals surface area contributed by atoms with Gasteiger partial charge in [-0.25, -0.2) is 0 Å². The average molecular weight is 378 g/mol. The number of hydrogen-bond acceptors (Lipinski definition) is 5.